The second-order valence-electron chi connectivity index (χ2n) is 6.17. The summed E-state index contributed by atoms with van der Waals surface area (Å²) in [6.45, 7) is 2.23. The van der Waals surface area contributed by atoms with Crippen molar-refractivity contribution in [1.29, 1.82) is 0 Å². The number of hydrogen-bond donors (Lipinski definition) is 2. The number of benzene rings is 1. The molecule has 2 atom stereocenters. The van der Waals surface area contributed by atoms with Crippen molar-refractivity contribution >= 4 is 23.4 Å². The van der Waals surface area contributed by atoms with Gasteiger partial charge in [-0.05, 0) is 38.3 Å². The highest BCUT2D eigenvalue weighted by Gasteiger charge is 2.30. The molecule has 0 radical (unpaired) electrons. The van der Waals surface area contributed by atoms with Crippen molar-refractivity contribution in [2.45, 2.75) is 38.3 Å². The predicted octanol–water partition coefficient (Wildman–Crippen LogP) is 1.55. The van der Waals surface area contributed by atoms with E-state index in [-0.39, 0.29) is 41.1 Å². The van der Waals surface area contributed by atoms with Crippen LogP contribution in [0.5, 0.6) is 11.5 Å². The van der Waals surface area contributed by atoms with E-state index in [0.29, 0.717) is 12.1 Å². The Morgan fingerprint density at radius 3 is 2.72 bits per heavy atom. The first-order valence-electron chi connectivity index (χ1n) is 8.20. The van der Waals surface area contributed by atoms with Gasteiger partial charge in [-0.15, -0.1) is 0 Å². The highest BCUT2D eigenvalue weighted by atomic mass is 35.5. The average Bonchev–Trinajstić information content (AvgIpc) is 2.59. The summed E-state index contributed by atoms with van der Waals surface area (Å²) < 4.78 is 10.5. The molecule has 138 valence electrons. The van der Waals surface area contributed by atoms with Crippen LogP contribution in [0.2, 0.25) is 5.02 Å². The quantitative estimate of drug-likeness (QED) is 0.791. The molecule has 1 heterocycles. The molecule has 1 fully saturated rings. The molecule has 1 aliphatic heterocycles. The Morgan fingerprint density at radius 2 is 2.12 bits per heavy atom. The molecule has 1 saturated heterocycles. The topological polar surface area (TPSA) is 108 Å². The Kier molecular flexibility index (Phi) is 6.50. The molecule has 0 spiro atoms. The van der Waals surface area contributed by atoms with Crippen molar-refractivity contribution in [3.05, 3.63) is 22.7 Å². The fraction of sp³-hybridized carbons (Fsp3) is 0.529. The van der Waals surface area contributed by atoms with E-state index >= 15 is 0 Å². The van der Waals surface area contributed by atoms with E-state index in [9.17, 15) is 9.59 Å². The molecule has 0 bridgehead atoms. The molecule has 0 saturated carbocycles. The largest absolute Gasteiger partial charge is 0.493 e. The number of likely N-dealkylation sites (tertiary alicyclic amines) is 1. The molecule has 4 N–H and O–H groups in total. The lowest BCUT2D eigenvalue weighted by Gasteiger charge is -2.38. The summed E-state index contributed by atoms with van der Waals surface area (Å²) in [6.07, 6.45) is 2.88. The summed E-state index contributed by atoms with van der Waals surface area (Å²) in [5, 5.41) is 0.179. The van der Waals surface area contributed by atoms with Gasteiger partial charge in [-0.2, -0.15) is 0 Å². The minimum Gasteiger partial charge on any atom is -0.493 e. The van der Waals surface area contributed by atoms with Gasteiger partial charge in [0.1, 0.15) is 0 Å². The van der Waals surface area contributed by atoms with Gasteiger partial charge in [-0.1, -0.05) is 11.6 Å². The molecule has 2 amide bonds. The number of nitrogens with two attached hydrogens (primary N) is 2. The lowest BCUT2D eigenvalue weighted by Crippen LogP contribution is -2.51. The molecule has 0 unspecified atom stereocenters. The third-order valence-electron chi connectivity index (χ3n) is 4.25. The number of carbonyl (C=O) groups excluding carboxylic acids is 2. The van der Waals surface area contributed by atoms with Gasteiger partial charge in [-0.25, -0.2) is 0 Å². The number of amides is 2. The molecule has 1 aromatic carbocycles. The van der Waals surface area contributed by atoms with Crippen LogP contribution in [0.3, 0.4) is 0 Å². The number of methoxy groups -OCH3 is 1. The number of primary amides is 1. The number of nitrogens with zero attached hydrogens (tertiary/aromatic N) is 1. The van der Waals surface area contributed by atoms with Crippen LogP contribution in [0.1, 0.15) is 36.5 Å². The minimum atomic E-state index is -0.633. The van der Waals surface area contributed by atoms with Crippen LogP contribution < -0.4 is 20.9 Å². The second-order valence-corrected chi connectivity index (χ2v) is 6.57. The minimum absolute atomic E-state index is 0.00296. The number of halogens is 1. The molecule has 1 aliphatic rings. The van der Waals surface area contributed by atoms with Crippen molar-refractivity contribution in [3.63, 3.8) is 0 Å². The van der Waals surface area contributed by atoms with Crippen LogP contribution in [0.15, 0.2) is 12.1 Å². The zero-order valence-corrected chi connectivity index (χ0v) is 15.2. The van der Waals surface area contributed by atoms with Gasteiger partial charge in [0.05, 0.1) is 12.1 Å². The van der Waals surface area contributed by atoms with Crippen LogP contribution >= 0.6 is 11.6 Å². The van der Waals surface area contributed by atoms with E-state index in [1.54, 1.807) is 11.0 Å². The smallest absolute Gasteiger partial charge is 0.255 e. The van der Waals surface area contributed by atoms with E-state index in [0.717, 1.165) is 19.3 Å². The molecular weight excluding hydrogens is 346 g/mol. The van der Waals surface area contributed by atoms with Gasteiger partial charge >= 0.3 is 0 Å². The van der Waals surface area contributed by atoms with Crippen molar-refractivity contribution < 1.29 is 19.1 Å². The Balaban J connectivity index is 2.30. The first kappa shape index (κ1) is 19.3. The number of hydrogen-bond acceptors (Lipinski definition) is 5. The second kappa shape index (κ2) is 8.40. The standard InChI is InChI=1S/C17H24ClN3O4/c1-10(19)13-5-3-4-6-21(13)17(23)11-7-12(18)16(14(8-11)24-2)25-9-15(20)22/h7-8,10,13H,3-6,9,19H2,1-2H3,(H2,20,22)/t10-,13+/m0/s1. The predicted molar refractivity (Wildman–Crippen MR) is 95.0 cm³/mol. The van der Waals surface area contributed by atoms with E-state index < -0.39 is 5.91 Å². The highest BCUT2D eigenvalue weighted by molar-refractivity contribution is 6.32. The van der Waals surface area contributed by atoms with Gasteiger partial charge in [-0.3, -0.25) is 9.59 Å². The molecular formula is C17H24ClN3O4. The van der Waals surface area contributed by atoms with Gasteiger partial charge in [0.25, 0.3) is 11.8 Å². The Morgan fingerprint density at radius 1 is 1.40 bits per heavy atom. The van der Waals surface area contributed by atoms with Crippen molar-refractivity contribution in [3.8, 4) is 11.5 Å². The van der Waals surface area contributed by atoms with Gasteiger partial charge in [0, 0.05) is 24.2 Å². The molecule has 0 aliphatic carbocycles. The third-order valence-corrected chi connectivity index (χ3v) is 4.53. The Bertz CT molecular complexity index is 651. The highest BCUT2D eigenvalue weighted by Crippen LogP contribution is 2.37. The maximum Gasteiger partial charge on any atom is 0.255 e. The zero-order chi connectivity index (χ0) is 18.6. The van der Waals surface area contributed by atoms with Crippen molar-refractivity contribution in [1.82, 2.24) is 4.90 Å². The Labute approximate surface area is 152 Å². The molecule has 7 nitrogen and oxygen atoms in total. The summed E-state index contributed by atoms with van der Waals surface area (Å²) in [5.74, 6) is -0.330. The van der Waals surface area contributed by atoms with Gasteiger partial charge in [0.2, 0.25) is 0 Å². The van der Waals surface area contributed by atoms with Gasteiger partial charge < -0.3 is 25.8 Å². The lowest BCUT2D eigenvalue weighted by atomic mass is 9.96. The first-order valence-corrected chi connectivity index (χ1v) is 8.58. The maximum absolute atomic E-state index is 13.0. The number of piperidine rings is 1. The fourth-order valence-electron chi connectivity index (χ4n) is 3.05. The fourth-order valence-corrected chi connectivity index (χ4v) is 3.31. The van der Waals surface area contributed by atoms with Gasteiger partial charge in [0.15, 0.2) is 18.1 Å². The summed E-state index contributed by atoms with van der Waals surface area (Å²) in [6, 6.07) is 2.95. The zero-order valence-electron chi connectivity index (χ0n) is 14.5. The molecule has 25 heavy (non-hydrogen) atoms. The van der Waals surface area contributed by atoms with Crippen LogP contribution in [-0.4, -0.2) is 49.1 Å². The van der Waals surface area contributed by atoms with E-state index in [4.69, 9.17) is 32.5 Å². The van der Waals surface area contributed by atoms with Crippen LogP contribution in [0.4, 0.5) is 0 Å². The average molecular weight is 370 g/mol. The van der Waals surface area contributed by atoms with Crippen LogP contribution in [0, 0.1) is 0 Å². The lowest BCUT2D eigenvalue weighted by molar-refractivity contribution is -0.119. The molecule has 8 heteroatoms. The van der Waals surface area contributed by atoms with E-state index in [1.807, 2.05) is 6.92 Å². The third kappa shape index (κ3) is 4.55. The van der Waals surface area contributed by atoms with E-state index in [2.05, 4.69) is 0 Å². The van der Waals surface area contributed by atoms with Crippen LogP contribution in [0.25, 0.3) is 0 Å². The summed E-state index contributed by atoms with van der Waals surface area (Å²) >= 11 is 6.23. The molecule has 2 rings (SSSR count). The molecule has 0 aromatic heterocycles. The Hall–Kier alpha value is -1.99. The summed E-state index contributed by atoms with van der Waals surface area (Å²) in [4.78, 5) is 25.7. The number of carbonyl (C=O) groups is 2. The number of ether oxygens (including phenoxy) is 2. The van der Waals surface area contributed by atoms with Crippen molar-refractivity contribution in [2.75, 3.05) is 20.3 Å². The summed E-state index contributed by atoms with van der Waals surface area (Å²) in [5.41, 5.74) is 11.5. The SMILES string of the molecule is COc1cc(C(=O)N2CCCC[C@@H]2[C@H](C)N)cc(Cl)c1OCC(N)=O. The van der Waals surface area contributed by atoms with Crippen molar-refractivity contribution in [2.24, 2.45) is 11.5 Å². The van der Waals surface area contributed by atoms with Crippen LogP contribution in [-0.2, 0) is 4.79 Å². The molecule has 1 aromatic rings. The maximum atomic E-state index is 13.0. The number of rotatable bonds is 6. The first-order chi connectivity index (χ1) is 11.8. The summed E-state index contributed by atoms with van der Waals surface area (Å²) in [7, 11) is 1.43. The normalized spacial score (nSPS) is 18.6. The van der Waals surface area contributed by atoms with E-state index in [1.165, 1.54) is 13.2 Å². The monoisotopic (exact) mass is 369 g/mol.